The summed E-state index contributed by atoms with van der Waals surface area (Å²) >= 11 is 6.38. The van der Waals surface area contributed by atoms with Gasteiger partial charge in [0.15, 0.2) is 5.78 Å². The number of hydrogen-bond donors (Lipinski definition) is 0. The normalized spacial score (nSPS) is 20.2. The zero-order chi connectivity index (χ0) is 23.0. The average molecular weight is 450 g/mol. The van der Waals surface area contributed by atoms with Crippen LogP contribution in [0.5, 0.6) is 5.75 Å². The molecule has 1 aliphatic heterocycles. The lowest BCUT2D eigenvalue weighted by Gasteiger charge is -2.43. The van der Waals surface area contributed by atoms with Crippen LogP contribution >= 0.6 is 11.6 Å². The van der Waals surface area contributed by atoms with Crippen LogP contribution in [-0.4, -0.2) is 18.3 Å². The number of ether oxygens (including phenoxy) is 1. The van der Waals surface area contributed by atoms with Crippen molar-refractivity contribution < 1.29 is 14.3 Å². The van der Waals surface area contributed by atoms with E-state index in [9.17, 15) is 9.59 Å². The molecule has 2 aromatic rings. The van der Waals surface area contributed by atoms with E-state index in [-0.39, 0.29) is 29.4 Å². The Morgan fingerprint density at radius 3 is 2.53 bits per heavy atom. The number of anilines is 1. The number of allylic oxidation sites excluding steroid dienone is 2. The zero-order valence-electron chi connectivity index (χ0n) is 18.8. The summed E-state index contributed by atoms with van der Waals surface area (Å²) in [5.41, 5.74) is 3.96. The smallest absolute Gasteiger partial charge is 0.232 e. The Balaban J connectivity index is 1.80. The lowest BCUT2D eigenvalue weighted by molar-refractivity contribution is -0.121. The Bertz CT molecular complexity index is 1110. The predicted molar refractivity (Wildman–Crippen MR) is 128 cm³/mol. The molecule has 2 aromatic carbocycles. The summed E-state index contributed by atoms with van der Waals surface area (Å²) in [5, 5.41) is 0.607. The fourth-order valence-corrected chi connectivity index (χ4v) is 4.85. The third-order valence-electron chi connectivity index (χ3n) is 6.21. The van der Waals surface area contributed by atoms with Gasteiger partial charge in [-0.15, -0.1) is 0 Å². The molecule has 0 radical (unpaired) electrons. The lowest BCUT2D eigenvalue weighted by Crippen LogP contribution is -2.43. The van der Waals surface area contributed by atoms with Crippen molar-refractivity contribution in [2.24, 2.45) is 5.41 Å². The van der Waals surface area contributed by atoms with Gasteiger partial charge in [-0.2, -0.15) is 0 Å². The Morgan fingerprint density at radius 1 is 1.16 bits per heavy atom. The third-order valence-corrected chi connectivity index (χ3v) is 6.61. The first-order chi connectivity index (χ1) is 15.2. The number of carbonyl (C=O) groups excluding carboxylic acids is 2. The summed E-state index contributed by atoms with van der Waals surface area (Å²) < 4.78 is 5.58. The molecule has 2 aliphatic rings. The molecule has 0 spiro atoms. The van der Waals surface area contributed by atoms with Gasteiger partial charge >= 0.3 is 0 Å². The van der Waals surface area contributed by atoms with Crippen molar-refractivity contribution in [3.05, 3.63) is 82.5 Å². The van der Waals surface area contributed by atoms with Crippen LogP contribution in [0.1, 0.15) is 50.2 Å². The van der Waals surface area contributed by atoms with E-state index in [4.69, 9.17) is 16.3 Å². The van der Waals surface area contributed by atoms with Gasteiger partial charge in [-0.1, -0.05) is 56.3 Å². The van der Waals surface area contributed by atoms with Gasteiger partial charge in [0.05, 0.1) is 5.69 Å². The highest BCUT2D eigenvalue weighted by Crippen LogP contribution is 2.48. The minimum atomic E-state index is -0.258. The van der Waals surface area contributed by atoms with E-state index in [0.29, 0.717) is 24.5 Å². The van der Waals surface area contributed by atoms with Crippen LogP contribution in [0.4, 0.5) is 5.69 Å². The largest absolute Gasteiger partial charge is 0.490 e. The number of hydrogen-bond acceptors (Lipinski definition) is 3. The molecule has 1 atom stereocenters. The molecule has 0 bridgehead atoms. The van der Waals surface area contributed by atoms with Gasteiger partial charge in [0.1, 0.15) is 12.4 Å². The molecule has 166 valence electrons. The Kier molecular flexibility index (Phi) is 6.00. The van der Waals surface area contributed by atoms with Crippen LogP contribution in [0, 0.1) is 12.3 Å². The first kappa shape index (κ1) is 22.3. The molecule has 32 heavy (non-hydrogen) atoms. The molecule has 1 heterocycles. The Labute approximate surface area is 194 Å². The molecule has 0 fully saturated rings. The number of amides is 1. The van der Waals surface area contributed by atoms with E-state index < -0.39 is 0 Å². The molecule has 0 saturated carbocycles. The van der Waals surface area contributed by atoms with Gasteiger partial charge in [-0.05, 0) is 54.2 Å². The van der Waals surface area contributed by atoms with E-state index in [1.165, 1.54) is 0 Å². The molecule has 1 aliphatic carbocycles. The second-order valence-electron chi connectivity index (χ2n) is 9.39. The minimum Gasteiger partial charge on any atom is -0.490 e. The van der Waals surface area contributed by atoms with Crippen LogP contribution in [0.2, 0.25) is 5.02 Å². The summed E-state index contributed by atoms with van der Waals surface area (Å²) in [6, 6.07) is 13.3. The highest BCUT2D eigenvalue weighted by molar-refractivity contribution is 6.31. The molecule has 1 amide bonds. The average Bonchev–Trinajstić information content (AvgIpc) is 2.73. The van der Waals surface area contributed by atoms with Gasteiger partial charge in [0, 0.05) is 35.1 Å². The SMILES string of the molecule is C=CCOc1ccc(C2CC(=O)N(c3ccc(C)c(Cl)c3)C3=C2C(=O)CC(C)(C)C3)cc1. The number of aryl methyl sites for hydroxylation is 1. The molecule has 0 N–H and O–H groups in total. The monoisotopic (exact) mass is 449 g/mol. The molecule has 4 rings (SSSR count). The number of rotatable bonds is 5. The van der Waals surface area contributed by atoms with Crippen molar-refractivity contribution in [3.63, 3.8) is 0 Å². The number of benzene rings is 2. The van der Waals surface area contributed by atoms with Crippen LogP contribution in [0.3, 0.4) is 0 Å². The predicted octanol–water partition coefficient (Wildman–Crippen LogP) is 6.38. The summed E-state index contributed by atoms with van der Waals surface area (Å²) in [6.45, 7) is 10.2. The van der Waals surface area contributed by atoms with Gasteiger partial charge in [0.2, 0.25) is 5.91 Å². The van der Waals surface area contributed by atoms with Gasteiger partial charge < -0.3 is 4.74 Å². The Morgan fingerprint density at radius 2 is 1.88 bits per heavy atom. The van der Waals surface area contributed by atoms with Crippen molar-refractivity contribution >= 4 is 29.0 Å². The quantitative estimate of drug-likeness (QED) is 0.498. The molecule has 4 nitrogen and oxygen atoms in total. The first-order valence-electron chi connectivity index (χ1n) is 10.9. The van der Waals surface area contributed by atoms with Crippen molar-refractivity contribution in [2.75, 3.05) is 11.5 Å². The maximum absolute atomic E-state index is 13.5. The van der Waals surface area contributed by atoms with Crippen LogP contribution in [0.25, 0.3) is 0 Å². The van der Waals surface area contributed by atoms with E-state index in [0.717, 1.165) is 33.8 Å². The summed E-state index contributed by atoms with van der Waals surface area (Å²) in [4.78, 5) is 28.6. The van der Waals surface area contributed by atoms with Gasteiger partial charge in [-0.25, -0.2) is 0 Å². The first-order valence-corrected chi connectivity index (χ1v) is 11.3. The highest BCUT2D eigenvalue weighted by Gasteiger charge is 2.44. The van der Waals surface area contributed by atoms with E-state index >= 15 is 0 Å². The van der Waals surface area contributed by atoms with Crippen molar-refractivity contribution in [2.45, 2.75) is 46.0 Å². The summed E-state index contributed by atoms with van der Waals surface area (Å²) in [5.74, 6) is 0.568. The minimum absolute atomic E-state index is 0.0221. The van der Waals surface area contributed by atoms with Crippen LogP contribution < -0.4 is 9.64 Å². The van der Waals surface area contributed by atoms with Crippen molar-refractivity contribution in [1.82, 2.24) is 0 Å². The maximum Gasteiger partial charge on any atom is 0.232 e. The van der Waals surface area contributed by atoms with Crippen LogP contribution in [-0.2, 0) is 9.59 Å². The molecular formula is C27H28ClNO3. The lowest BCUT2D eigenvalue weighted by atomic mass is 9.69. The second kappa shape index (κ2) is 8.59. The van der Waals surface area contributed by atoms with Crippen molar-refractivity contribution in [3.8, 4) is 5.75 Å². The Hall–Kier alpha value is -2.85. The molecular weight excluding hydrogens is 422 g/mol. The summed E-state index contributed by atoms with van der Waals surface area (Å²) in [7, 11) is 0. The number of halogens is 1. The second-order valence-corrected chi connectivity index (χ2v) is 9.80. The van der Waals surface area contributed by atoms with Gasteiger partial charge in [0.25, 0.3) is 0 Å². The number of nitrogens with zero attached hydrogens (tertiary/aromatic N) is 1. The number of Topliss-reactive ketones (excluding diaryl/α,β-unsaturated/α-hetero) is 1. The van der Waals surface area contributed by atoms with Gasteiger partial charge in [-0.3, -0.25) is 14.5 Å². The number of ketones is 1. The van der Waals surface area contributed by atoms with Crippen molar-refractivity contribution in [1.29, 1.82) is 0 Å². The topological polar surface area (TPSA) is 46.6 Å². The highest BCUT2D eigenvalue weighted by atomic mass is 35.5. The molecule has 5 heteroatoms. The fourth-order valence-electron chi connectivity index (χ4n) is 4.67. The fraction of sp³-hybridized carbons (Fsp3) is 0.333. The molecule has 0 aromatic heterocycles. The van der Waals surface area contributed by atoms with E-state index in [2.05, 4.69) is 20.4 Å². The molecule has 0 saturated heterocycles. The molecule has 1 unspecified atom stereocenters. The van der Waals surface area contributed by atoms with E-state index in [1.807, 2.05) is 49.4 Å². The van der Waals surface area contributed by atoms with E-state index in [1.54, 1.807) is 11.0 Å². The van der Waals surface area contributed by atoms with Crippen LogP contribution in [0.15, 0.2) is 66.4 Å². The zero-order valence-corrected chi connectivity index (χ0v) is 19.5. The maximum atomic E-state index is 13.5. The standard InChI is InChI=1S/C27H28ClNO3/c1-5-12-32-20-10-7-18(8-11-20)21-14-25(31)29(19-9-6-17(2)22(28)13-19)23-15-27(3,4)16-24(30)26(21)23/h5-11,13,21H,1,12,14-16H2,2-4H3. The third kappa shape index (κ3) is 4.24. The summed E-state index contributed by atoms with van der Waals surface area (Å²) in [6.07, 6.45) is 3.06. The number of carbonyl (C=O) groups is 2.